The maximum Gasteiger partial charge on any atom is 0.0938 e. The topological polar surface area (TPSA) is 18.5 Å². The van der Waals surface area contributed by atoms with Crippen molar-refractivity contribution in [1.82, 2.24) is 0 Å². The van der Waals surface area contributed by atoms with Crippen LogP contribution in [0.2, 0.25) is 0 Å². The fraction of sp³-hybridized carbons (Fsp3) is 1.00. The van der Waals surface area contributed by atoms with E-state index in [1.807, 2.05) is 14.2 Å². The molecule has 1 saturated carbocycles. The van der Waals surface area contributed by atoms with E-state index >= 15 is 0 Å². The maximum atomic E-state index is 5.76. The summed E-state index contributed by atoms with van der Waals surface area (Å²) in [7, 11) is 3.66. The zero-order valence-electron chi connectivity index (χ0n) is 9.84. The molecule has 0 bridgehead atoms. The van der Waals surface area contributed by atoms with Crippen LogP contribution in [0.1, 0.15) is 51.9 Å². The standard InChI is InChI=1S/C12H24O2/c1-4-5-9-12(14-3)10-7-6-8-11(12)13-2/h11H,4-10H2,1-3H3. The minimum absolute atomic E-state index is 0.0169. The van der Waals surface area contributed by atoms with Gasteiger partial charge in [-0.1, -0.05) is 32.6 Å². The molecule has 0 spiro atoms. The van der Waals surface area contributed by atoms with Gasteiger partial charge in [0, 0.05) is 14.2 Å². The number of ether oxygens (including phenoxy) is 2. The van der Waals surface area contributed by atoms with E-state index < -0.39 is 0 Å². The van der Waals surface area contributed by atoms with Gasteiger partial charge >= 0.3 is 0 Å². The first kappa shape index (κ1) is 12.0. The van der Waals surface area contributed by atoms with E-state index in [4.69, 9.17) is 9.47 Å². The van der Waals surface area contributed by atoms with Crippen LogP contribution in [0.5, 0.6) is 0 Å². The zero-order chi connectivity index (χ0) is 10.4. The molecule has 0 aromatic carbocycles. The zero-order valence-corrected chi connectivity index (χ0v) is 9.84. The van der Waals surface area contributed by atoms with Crippen LogP contribution < -0.4 is 0 Å². The summed E-state index contributed by atoms with van der Waals surface area (Å²) in [6.07, 6.45) is 8.85. The molecular formula is C12H24O2. The molecule has 84 valence electrons. The van der Waals surface area contributed by atoms with Crippen LogP contribution in [-0.4, -0.2) is 25.9 Å². The number of unbranched alkanes of at least 4 members (excludes halogenated alkanes) is 1. The number of hydrogen-bond acceptors (Lipinski definition) is 2. The van der Waals surface area contributed by atoms with Crippen LogP contribution in [0.4, 0.5) is 0 Å². The summed E-state index contributed by atoms with van der Waals surface area (Å²) in [6, 6.07) is 0. The predicted octanol–water partition coefficient (Wildman–Crippen LogP) is 3.15. The molecule has 1 rings (SSSR count). The summed E-state index contributed by atoms with van der Waals surface area (Å²) in [5.74, 6) is 0. The van der Waals surface area contributed by atoms with Crippen molar-refractivity contribution in [1.29, 1.82) is 0 Å². The van der Waals surface area contributed by atoms with Gasteiger partial charge in [0.2, 0.25) is 0 Å². The molecule has 1 aliphatic carbocycles. The first-order valence-corrected chi connectivity index (χ1v) is 5.87. The Hall–Kier alpha value is -0.0800. The second kappa shape index (κ2) is 5.72. The third kappa shape index (κ3) is 2.48. The first-order valence-electron chi connectivity index (χ1n) is 5.87. The fourth-order valence-electron chi connectivity index (χ4n) is 2.61. The number of methoxy groups -OCH3 is 2. The van der Waals surface area contributed by atoms with E-state index in [0.717, 1.165) is 12.8 Å². The lowest BCUT2D eigenvalue weighted by Gasteiger charge is -2.42. The Labute approximate surface area is 88.0 Å². The molecule has 1 aliphatic rings. The lowest BCUT2D eigenvalue weighted by molar-refractivity contribution is -0.143. The van der Waals surface area contributed by atoms with Crippen molar-refractivity contribution in [2.24, 2.45) is 0 Å². The average Bonchev–Trinajstić information content (AvgIpc) is 2.26. The summed E-state index contributed by atoms with van der Waals surface area (Å²) in [6.45, 7) is 2.23. The van der Waals surface area contributed by atoms with E-state index in [1.54, 1.807) is 0 Å². The molecule has 0 radical (unpaired) electrons. The molecule has 0 aromatic rings. The van der Waals surface area contributed by atoms with Crippen molar-refractivity contribution < 1.29 is 9.47 Å². The molecule has 0 saturated heterocycles. The smallest absolute Gasteiger partial charge is 0.0938 e. The van der Waals surface area contributed by atoms with Gasteiger partial charge in [-0.2, -0.15) is 0 Å². The first-order chi connectivity index (χ1) is 6.79. The SMILES string of the molecule is CCCCC1(OC)CCCCC1OC. The fourth-order valence-corrected chi connectivity index (χ4v) is 2.61. The minimum Gasteiger partial charge on any atom is -0.378 e. The van der Waals surface area contributed by atoms with Crippen molar-refractivity contribution in [3.05, 3.63) is 0 Å². The van der Waals surface area contributed by atoms with Crippen LogP contribution in [0, 0.1) is 0 Å². The normalized spacial score (nSPS) is 33.2. The second-order valence-electron chi connectivity index (χ2n) is 4.34. The van der Waals surface area contributed by atoms with Gasteiger partial charge in [-0.15, -0.1) is 0 Å². The maximum absolute atomic E-state index is 5.76. The summed E-state index contributed by atoms with van der Waals surface area (Å²) in [5.41, 5.74) is 0.0169. The Morgan fingerprint density at radius 2 is 2.07 bits per heavy atom. The van der Waals surface area contributed by atoms with Gasteiger partial charge in [0.25, 0.3) is 0 Å². The summed E-state index contributed by atoms with van der Waals surface area (Å²) in [5, 5.41) is 0. The van der Waals surface area contributed by atoms with Crippen LogP contribution in [0.25, 0.3) is 0 Å². The third-order valence-corrected chi connectivity index (χ3v) is 3.55. The summed E-state index contributed by atoms with van der Waals surface area (Å²) >= 11 is 0. The van der Waals surface area contributed by atoms with Gasteiger partial charge in [0.05, 0.1) is 11.7 Å². The van der Waals surface area contributed by atoms with Crippen LogP contribution in [0.3, 0.4) is 0 Å². The Balaban J connectivity index is 2.60. The quantitative estimate of drug-likeness (QED) is 0.678. The predicted molar refractivity (Wildman–Crippen MR) is 58.5 cm³/mol. The minimum atomic E-state index is 0.0169. The highest BCUT2D eigenvalue weighted by atomic mass is 16.5. The number of hydrogen-bond donors (Lipinski definition) is 0. The molecule has 1 fully saturated rings. The highest BCUT2D eigenvalue weighted by Crippen LogP contribution is 2.37. The molecule has 2 atom stereocenters. The van der Waals surface area contributed by atoms with Crippen molar-refractivity contribution in [2.75, 3.05) is 14.2 Å². The van der Waals surface area contributed by atoms with Gasteiger partial charge in [0.1, 0.15) is 0 Å². The van der Waals surface area contributed by atoms with E-state index in [9.17, 15) is 0 Å². The highest BCUT2D eigenvalue weighted by Gasteiger charge is 2.40. The van der Waals surface area contributed by atoms with Gasteiger partial charge in [-0.05, 0) is 19.3 Å². The molecule has 0 amide bonds. The van der Waals surface area contributed by atoms with Crippen LogP contribution >= 0.6 is 0 Å². The molecule has 0 N–H and O–H groups in total. The van der Waals surface area contributed by atoms with Gasteiger partial charge in [-0.3, -0.25) is 0 Å². The monoisotopic (exact) mass is 200 g/mol. The Kier molecular flexibility index (Phi) is 4.90. The third-order valence-electron chi connectivity index (χ3n) is 3.55. The van der Waals surface area contributed by atoms with Crippen molar-refractivity contribution in [3.8, 4) is 0 Å². The molecule has 14 heavy (non-hydrogen) atoms. The molecular weight excluding hydrogens is 176 g/mol. The number of rotatable bonds is 5. The van der Waals surface area contributed by atoms with Gasteiger partial charge < -0.3 is 9.47 Å². The largest absolute Gasteiger partial charge is 0.378 e. The Bertz CT molecular complexity index is 158. The average molecular weight is 200 g/mol. The lowest BCUT2D eigenvalue weighted by atomic mass is 9.78. The second-order valence-corrected chi connectivity index (χ2v) is 4.34. The van der Waals surface area contributed by atoms with Gasteiger partial charge in [-0.25, -0.2) is 0 Å². The molecule has 0 aliphatic heterocycles. The lowest BCUT2D eigenvalue weighted by Crippen LogP contribution is -2.47. The highest BCUT2D eigenvalue weighted by molar-refractivity contribution is 4.92. The Morgan fingerprint density at radius 1 is 1.29 bits per heavy atom. The Morgan fingerprint density at radius 3 is 2.64 bits per heavy atom. The van der Waals surface area contributed by atoms with Crippen LogP contribution in [0.15, 0.2) is 0 Å². The van der Waals surface area contributed by atoms with Crippen LogP contribution in [-0.2, 0) is 9.47 Å². The molecule has 2 heteroatoms. The van der Waals surface area contributed by atoms with E-state index in [1.165, 1.54) is 32.1 Å². The van der Waals surface area contributed by atoms with E-state index in [2.05, 4.69) is 6.92 Å². The van der Waals surface area contributed by atoms with Gasteiger partial charge in [0.15, 0.2) is 0 Å². The summed E-state index contributed by atoms with van der Waals surface area (Å²) < 4.78 is 11.3. The van der Waals surface area contributed by atoms with Crippen molar-refractivity contribution in [3.63, 3.8) is 0 Å². The van der Waals surface area contributed by atoms with Crippen molar-refractivity contribution in [2.45, 2.75) is 63.6 Å². The van der Waals surface area contributed by atoms with E-state index in [-0.39, 0.29) is 5.60 Å². The molecule has 2 nitrogen and oxygen atoms in total. The van der Waals surface area contributed by atoms with Crippen molar-refractivity contribution >= 4 is 0 Å². The molecule has 2 unspecified atom stereocenters. The van der Waals surface area contributed by atoms with E-state index in [0.29, 0.717) is 6.10 Å². The molecule has 0 aromatic heterocycles. The summed E-state index contributed by atoms with van der Waals surface area (Å²) in [4.78, 5) is 0. The molecule has 0 heterocycles.